The van der Waals surface area contributed by atoms with Crippen LogP contribution >= 0.6 is 0 Å². The number of rotatable bonds is 12. The van der Waals surface area contributed by atoms with Gasteiger partial charge in [-0.1, -0.05) is 38.8 Å². The molecule has 49 heavy (non-hydrogen) atoms. The average molecular weight is 659 g/mol. The molecular weight excluding hydrogens is 608 g/mol. The maximum Gasteiger partial charge on any atom is 0.125 e. The van der Waals surface area contributed by atoms with E-state index in [1.807, 2.05) is 0 Å². The first-order valence-electron chi connectivity index (χ1n) is 17.7. The van der Waals surface area contributed by atoms with Crippen LogP contribution in [0.5, 0.6) is 11.5 Å². The number of anilines is 2. The van der Waals surface area contributed by atoms with Crippen molar-refractivity contribution < 1.29 is 9.47 Å². The second kappa shape index (κ2) is 14.8. The molecule has 2 aliphatic heterocycles. The minimum Gasteiger partial charge on any atom is -0.493 e. The van der Waals surface area contributed by atoms with Crippen LogP contribution < -0.4 is 19.3 Å². The number of benzene rings is 4. The lowest BCUT2D eigenvalue weighted by atomic mass is 9.98. The highest BCUT2D eigenvalue weighted by Crippen LogP contribution is 2.43. The molecule has 4 aromatic carbocycles. The van der Waals surface area contributed by atoms with Gasteiger partial charge in [0.15, 0.2) is 0 Å². The molecule has 2 heterocycles. The molecule has 0 unspecified atom stereocenters. The molecule has 6 rings (SSSR count). The Morgan fingerprint density at radius 3 is 1.27 bits per heavy atom. The number of ether oxygens (including phenoxy) is 2. The van der Waals surface area contributed by atoms with Gasteiger partial charge < -0.3 is 19.3 Å². The molecule has 8 nitrogen and oxygen atoms in total. The third-order valence-corrected chi connectivity index (χ3v) is 9.46. The van der Waals surface area contributed by atoms with Gasteiger partial charge in [-0.15, -0.1) is 0 Å². The minimum atomic E-state index is 0.738. The van der Waals surface area contributed by atoms with E-state index < -0.39 is 0 Å². The third kappa shape index (κ3) is 7.48. The first-order valence-corrected chi connectivity index (χ1v) is 17.7. The van der Waals surface area contributed by atoms with Crippen LogP contribution in [0.2, 0.25) is 0 Å². The van der Waals surface area contributed by atoms with Crippen LogP contribution in [0.1, 0.15) is 84.0 Å². The van der Waals surface area contributed by atoms with Crippen molar-refractivity contribution >= 4 is 34.1 Å². The molecule has 0 aliphatic carbocycles. The summed E-state index contributed by atoms with van der Waals surface area (Å²) < 4.78 is 12.1. The number of hydrogen-bond acceptors (Lipinski definition) is 8. The van der Waals surface area contributed by atoms with Gasteiger partial charge >= 0.3 is 0 Å². The molecule has 0 fully saturated rings. The van der Waals surface area contributed by atoms with Gasteiger partial charge in [-0.2, -0.15) is 20.5 Å². The number of aryl methyl sites for hydroxylation is 6. The maximum atomic E-state index is 6.04. The highest BCUT2D eigenvalue weighted by molar-refractivity contribution is 5.74. The molecule has 8 heteroatoms. The Morgan fingerprint density at radius 1 is 0.510 bits per heavy atom. The van der Waals surface area contributed by atoms with E-state index in [9.17, 15) is 0 Å². The quantitative estimate of drug-likeness (QED) is 0.112. The Balaban J connectivity index is 1.20. The van der Waals surface area contributed by atoms with Crippen molar-refractivity contribution in [3.63, 3.8) is 0 Å². The molecular formula is C41H50N6O2. The van der Waals surface area contributed by atoms with Crippen molar-refractivity contribution in [3.05, 3.63) is 93.0 Å². The van der Waals surface area contributed by atoms with Gasteiger partial charge in [-0.25, -0.2) is 0 Å². The van der Waals surface area contributed by atoms with Gasteiger partial charge in [0.05, 0.1) is 42.6 Å². The molecule has 0 saturated heterocycles. The first kappa shape index (κ1) is 34.2. The fourth-order valence-corrected chi connectivity index (χ4v) is 6.87. The largest absolute Gasteiger partial charge is 0.493 e. The van der Waals surface area contributed by atoms with Crippen molar-refractivity contribution in [2.75, 3.05) is 29.7 Å². The van der Waals surface area contributed by atoms with Crippen molar-refractivity contribution in [2.45, 2.75) is 94.2 Å². The number of nitrogens with zero attached hydrogens (tertiary/aromatic N) is 6. The molecule has 0 N–H and O–H groups in total. The smallest absolute Gasteiger partial charge is 0.125 e. The highest BCUT2D eigenvalue weighted by Gasteiger charge is 2.30. The van der Waals surface area contributed by atoms with E-state index in [1.54, 1.807) is 0 Å². The molecule has 0 spiro atoms. The lowest BCUT2D eigenvalue weighted by Gasteiger charge is -2.45. The molecule has 0 radical (unpaired) electrons. The van der Waals surface area contributed by atoms with Gasteiger partial charge in [0.1, 0.15) is 11.5 Å². The summed E-state index contributed by atoms with van der Waals surface area (Å²) in [7, 11) is 0. The summed E-state index contributed by atoms with van der Waals surface area (Å²) >= 11 is 0. The van der Waals surface area contributed by atoms with Gasteiger partial charge in [-0.3, -0.25) is 0 Å². The summed E-state index contributed by atoms with van der Waals surface area (Å²) in [6, 6.07) is 17.2. The molecule has 256 valence electrons. The van der Waals surface area contributed by atoms with Crippen LogP contribution in [-0.4, -0.2) is 19.9 Å². The summed E-state index contributed by atoms with van der Waals surface area (Å²) in [6.45, 7) is 20.8. The molecule has 0 amide bonds. The summed E-state index contributed by atoms with van der Waals surface area (Å²) in [5.41, 5.74) is 15.1. The predicted octanol–water partition coefficient (Wildman–Crippen LogP) is 12.0. The topological polar surface area (TPSA) is 74.4 Å². The van der Waals surface area contributed by atoms with E-state index in [2.05, 4.69) is 124 Å². The van der Waals surface area contributed by atoms with E-state index in [4.69, 9.17) is 19.7 Å². The number of hydrogen-bond donors (Lipinski definition) is 0. The monoisotopic (exact) mass is 658 g/mol. The fourth-order valence-electron chi connectivity index (χ4n) is 6.87. The van der Waals surface area contributed by atoms with Crippen molar-refractivity contribution in [1.29, 1.82) is 0 Å². The normalized spacial score (nSPS) is 13.7. The Bertz CT molecular complexity index is 1730. The van der Waals surface area contributed by atoms with E-state index >= 15 is 0 Å². The van der Waals surface area contributed by atoms with Crippen molar-refractivity contribution in [1.82, 2.24) is 0 Å². The number of fused-ring (bicyclic) bond motifs is 6. The minimum absolute atomic E-state index is 0.738. The molecule has 2 bridgehead atoms. The molecule has 0 aromatic heterocycles. The zero-order valence-corrected chi connectivity index (χ0v) is 30.5. The molecule has 4 aromatic rings. The summed E-state index contributed by atoms with van der Waals surface area (Å²) in [4.78, 5) is 4.87. The Labute approximate surface area is 291 Å². The van der Waals surface area contributed by atoms with Crippen LogP contribution in [0.4, 0.5) is 34.1 Å². The van der Waals surface area contributed by atoms with Gasteiger partial charge in [0, 0.05) is 24.5 Å². The zero-order chi connectivity index (χ0) is 34.7. The number of unbranched alkanes of at least 4 members (excludes halogenated alkanes) is 2. The summed E-state index contributed by atoms with van der Waals surface area (Å²) in [5, 5.41) is 18.8. The van der Waals surface area contributed by atoms with Crippen LogP contribution in [-0.2, 0) is 13.1 Å². The van der Waals surface area contributed by atoms with Crippen LogP contribution in [0.25, 0.3) is 0 Å². The highest BCUT2D eigenvalue weighted by atomic mass is 16.5. The Morgan fingerprint density at radius 2 is 0.898 bits per heavy atom. The van der Waals surface area contributed by atoms with Crippen molar-refractivity contribution in [2.24, 2.45) is 20.5 Å². The van der Waals surface area contributed by atoms with Crippen LogP contribution in [0.3, 0.4) is 0 Å². The van der Waals surface area contributed by atoms with E-state index in [0.717, 1.165) is 126 Å². The second-order valence-corrected chi connectivity index (χ2v) is 13.7. The SMILES string of the molecule is CCCCOc1c(C)cc(N=Nc2cc3c(cc2C)CN2CN3Cc3cc(C)c(N=Nc4cc(C)c(OCCCC)c(C)c4)cc32)cc1C. The van der Waals surface area contributed by atoms with E-state index in [0.29, 0.717) is 0 Å². The van der Waals surface area contributed by atoms with Crippen LogP contribution in [0, 0.1) is 41.5 Å². The molecule has 0 saturated carbocycles. The molecule has 0 atom stereocenters. The summed E-state index contributed by atoms with van der Waals surface area (Å²) in [5.74, 6) is 1.92. The van der Waals surface area contributed by atoms with Gasteiger partial charge in [-0.05, 0) is 135 Å². The standard InChI is InChI=1S/C41H50N6O2/c1-9-11-13-48-40-28(5)17-34(18-29(40)6)42-44-36-21-38-32(15-26(36)3)23-47-25-46(38)24-33-16-27(4)37(22-39(33)47)45-43-35-19-30(7)41(31(8)20-35)49-14-12-10-2/h15-22H,9-14,23-25H2,1-8H3. The Hall–Kier alpha value is -4.72. The van der Waals surface area contributed by atoms with Gasteiger partial charge in [0.2, 0.25) is 0 Å². The first-order chi connectivity index (χ1) is 23.6. The Kier molecular flexibility index (Phi) is 10.3. The lowest BCUT2D eigenvalue weighted by molar-refractivity contribution is 0.305. The lowest BCUT2D eigenvalue weighted by Crippen LogP contribution is -2.46. The maximum absolute atomic E-state index is 6.04. The van der Waals surface area contributed by atoms with Gasteiger partial charge in [0.25, 0.3) is 0 Å². The molecule has 2 aliphatic rings. The predicted molar refractivity (Wildman–Crippen MR) is 201 cm³/mol. The van der Waals surface area contributed by atoms with Crippen molar-refractivity contribution in [3.8, 4) is 11.5 Å². The van der Waals surface area contributed by atoms with E-state index in [1.165, 1.54) is 22.5 Å². The number of azo groups is 2. The zero-order valence-electron chi connectivity index (χ0n) is 30.5. The van der Waals surface area contributed by atoms with Crippen LogP contribution in [0.15, 0.2) is 69.0 Å². The second-order valence-electron chi connectivity index (χ2n) is 13.7. The average Bonchev–Trinajstić information content (AvgIpc) is 3.06. The van der Waals surface area contributed by atoms with E-state index in [-0.39, 0.29) is 0 Å². The third-order valence-electron chi connectivity index (χ3n) is 9.46. The fraction of sp³-hybridized carbons (Fsp3) is 0.415. The summed E-state index contributed by atoms with van der Waals surface area (Å²) in [6.07, 6.45) is 4.34.